The van der Waals surface area contributed by atoms with Crippen LogP contribution in [0.2, 0.25) is 0 Å². The summed E-state index contributed by atoms with van der Waals surface area (Å²) in [6.45, 7) is 6.26. The van der Waals surface area contributed by atoms with E-state index in [-0.39, 0.29) is 11.6 Å². The van der Waals surface area contributed by atoms with Crippen LogP contribution in [0.5, 0.6) is 0 Å². The molecule has 4 aromatic carbocycles. The van der Waals surface area contributed by atoms with E-state index >= 15 is 0 Å². The number of carbonyl (C=O) groups is 1. The van der Waals surface area contributed by atoms with Gasteiger partial charge in [0.2, 0.25) is 0 Å². The molecule has 0 saturated heterocycles. The standard InChI is InChI=1S/C30H32NOP/c1-4-28(30(32)31-29-23(2)15-14-16-24(29)3)33(25-17-8-5-9-18-25,26-19-10-6-11-20-26)27-21-12-7-13-22-27/h5-22,28,33H,4H2,1-3H3,(H,31,32). The fourth-order valence-corrected chi connectivity index (χ4v) is 10.6. The predicted octanol–water partition coefficient (Wildman–Crippen LogP) is 5.75. The SMILES string of the molecule is CCC(C(=O)Nc1c(C)cccc1C)[PH](c1ccccc1)(c1ccccc1)c1ccccc1. The molecule has 1 amide bonds. The van der Waals surface area contributed by atoms with E-state index in [1.165, 1.54) is 15.9 Å². The molecule has 0 heterocycles. The molecule has 1 atom stereocenters. The van der Waals surface area contributed by atoms with Crippen molar-refractivity contribution in [3.8, 4) is 0 Å². The molecule has 0 aliphatic carbocycles. The first kappa shape index (κ1) is 23.0. The van der Waals surface area contributed by atoms with Crippen molar-refractivity contribution in [1.29, 1.82) is 0 Å². The topological polar surface area (TPSA) is 29.1 Å². The fourth-order valence-electron chi connectivity index (χ4n) is 5.12. The monoisotopic (exact) mass is 453 g/mol. The van der Waals surface area contributed by atoms with E-state index in [1.54, 1.807) is 0 Å². The Hall–Kier alpha value is -3.22. The molecule has 33 heavy (non-hydrogen) atoms. The first-order valence-electron chi connectivity index (χ1n) is 11.6. The van der Waals surface area contributed by atoms with Gasteiger partial charge in [0.25, 0.3) is 0 Å². The van der Waals surface area contributed by atoms with E-state index in [0.29, 0.717) is 0 Å². The van der Waals surface area contributed by atoms with Gasteiger partial charge < -0.3 is 0 Å². The number of hydrogen-bond acceptors (Lipinski definition) is 1. The summed E-state index contributed by atoms with van der Waals surface area (Å²) < 4.78 is 0. The molecule has 4 rings (SSSR count). The molecule has 4 aromatic rings. The number of hydrogen-bond donors (Lipinski definition) is 1. The molecule has 2 nitrogen and oxygen atoms in total. The van der Waals surface area contributed by atoms with Gasteiger partial charge in [-0.05, 0) is 0 Å². The number of nitrogens with one attached hydrogen (secondary N) is 1. The van der Waals surface area contributed by atoms with Crippen molar-refractivity contribution in [2.24, 2.45) is 0 Å². The average molecular weight is 454 g/mol. The quantitative estimate of drug-likeness (QED) is 0.355. The van der Waals surface area contributed by atoms with Crippen LogP contribution in [0.15, 0.2) is 109 Å². The van der Waals surface area contributed by atoms with Crippen LogP contribution in [0.3, 0.4) is 0 Å². The predicted molar refractivity (Wildman–Crippen MR) is 145 cm³/mol. The molecule has 0 aromatic heterocycles. The summed E-state index contributed by atoms with van der Waals surface area (Å²) in [5.41, 5.74) is 2.93. The van der Waals surface area contributed by atoms with Gasteiger partial charge in [0, 0.05) is 0 Å². The van der Waals surface area contributed by atoms with Gasteiger partial charge in [-0.2, -0.15) is 0 Å². The second-order valence-electron chi connectivity index (χ2n) is 8.62. The Morgan fingerprint density at radius 1 is 0.667 bits per heavy atom. The maximum absolute atomic E-state index is 14.1. The number of benzene rings is 4. The van der Waals surface area contributed by atoms with Gasteiger partial charge in [-0.15, -0.1) is 0 Å². The molecule has 0 aliphatic rings. The van der Waals surface area contributed by atoms with Gasteiger partial charge in [0.05, 0.1) is 0 Å². The fraction of sp³-hybridized carbons (Fsp3) is 0.167. The summed E-state index contributed by atoms with van der Waals surface area (Å²) >= 11 is 0. The number of rotatable bonds is 7. The molecule has 0 bridgehead atoms. The zero-order valence-corrected chi connectivity index (χ0v) is 20.6. The Labute approximate surface area is 198 Å². The van der Waals surface area contributed by atoms with Gasteiger partial charge in [-0.3, -0.25) is 0 Å². The Morgan fingerprint density at radius 3 is 1.42 bits per heavy atom. The number of amides is 1. The minimum absolute atomic E-state index is 0.0955. The first-order chi connectivity index (χ1) is 16.1. The van der Waals surface area contributed by atoms with Gasteiger partial charge >= 0.3 is 198 Å². The summed E-state index contributed by atoms with van der Waals surface area (Å²) in [4.78, 5) is 14.1. The van der Waals surface area contributed by atoms with Crippen LogP contribution in [-0.4, -0.2) is 11.6 Å². The van der Waals surface area contributed by atoms with Crippen molar-refractivity contribution in [3.63, 3.8) is 0 Å². The van der Waals surface area contributed by atoms with Crippen molar-refractivity contribution < 1.29 is 4.79 Å². The third-order valence-corrected chi connectivity index (χ3v) is 12.1. The van der Waals surface area contributed by atoms with Gasteiger partial charge in [0.1, 0.15) is 0 Å². The molecule has 0 radical (unpaired) electrons. The summed E-state index contributed by atoms with van der Waals surface area (Å²) in [5.74, 6) is 0.0955. The van der Waals surface area contributed by atoms with Gasteiger partial charge in [-0.1, -0.05) is 0 Å². The van der Waals surface area contributed by atoms with Crippen LogP contribution in [0.4, 0.5) is 5.69 Å². The van der Waals surface area contributed by atoms with Crippen molar-refractivity contribution in [1.82, 2.24) is 0 Å². The first-order valence-corrected chi connectivity index (χ1v) is 13.7. The zero-order chi connectivity index (χ0) is 23.3. The van der Waals surface area contributed by atoms with Crippen LogP contribution >= 0.6 is 7.26 Å². The van der Waals surface area contributed by atoms with E-state index in [4.69, 9.17) is 0 Å². The van der Waals surface area contributed by atoms with E-state index in [0.717, 1.165) is 23.2 Å². The second-order valence-corrected chi connectivity index (χ2v) is 12.7. The van der Waals surface area contributed by atoms with Crippen LogP contribution in [0, 0.1) is 13.8 Å². The van der Waals surface area contributed by atoms with Crippen LogP contribution in [0.1, 0.15) is 24.5 Å². The molecule has 0 saturated carbocycles. The summed E-state index contributed by atoms with van der Waals surface area (Å²) in [7, 11) is -2.72. The molecular formula is C30H32NOP. The van der Waals surface area contributed by atoms with E-state index in [1.807, 2.05) is 6.07 Å². The van der Waals surface area contributed by atoms with Crippen molar-refractivity contribution in [3.05, 3.63) is 120 Å². The normalized spacial score (nSPS) is 12.7. The van der Waals surface area contributed by atoms with Crippen molar-refractivity contribution >= 4 is 34.8 Å². The summed E-state index contributed by atoms with van der Waals surface area (Å²) in [5, 5.41) is 7.11. The molecule has 1 N–H and O–H groups in total. The number of para-hydroxylation sites is 1. The van der Waals surface area contributed by atoms with Crippen molar-refractivity contribution in [2.75, 3.05) is 5.32 Å². The van der Waals surface area contributed by atoms with E-state index in [2.05, 4.69) is 129 Å². The van der Waals surface area contributed by atoms with Crippen molar-refractivity contribution in [2.45, 2.75) is 32.9 Å². The molecule has 168 valence electrons. The zero-order valence-electron chi connectivity index (χ0n) is 19.6. The molecule has 0 aliphatic heterocycles. The van der Waals surface area contributed by atoms with Crippen LogP contribution < -0.4 is 21.2 Å². The molecule has 3 heteroatoms. The third kappa shape index (κ3) is 4.36. The van der Waals surface area contributed by atoms with Crippen LogP contribution in [-0.2, 0) is 4.79 Å². The Kier molecular flexibility index (Phi) is 7.06. The number of anilines is 1. The molecule has 1 unspecified atom stereocenters. The van der Waals surface area contributed by atoms with E-state index < -0.39 is 7.26 Å². The molecular weight excluding hydrogens is 421 g/mol. The van der Waals surface area contributed by atoms with Gasteiger partial charge in [-0.25, -0.2) is 0 Å². The average Bonchev–Trinajstić information content (AvgIpc) is 2.86. The Balaban J connectivity index is 1.96. The Bertz CT molecular complexity index is 1090. The second kappa shape index (κ2) is 10.1. The van der Waals surface area contributed by atoms with Crippen LogP contribution in [0.25, 0.3) is 0 Å². The molecule has 0 spiro atoms. The number of carbonyl (C=O) groups excluding carboxylic acids is 1. The van der Waals surface area contributed by atoms with E-state index in [9.17, 15) is 4.79 Å². The summed E-state index contributed by atoms with van der Waals surface area (Å²) in [6.07, 6.45) is 0.752. The van der Waals surface area contributed by atoms with Gasteiger partial charge in [0.15, 0.2) is 0 Å². The Morgan fingerprint density at radius 2 is 1.06 bits per heavy atom. The third-order valence-electron chi connectivity index (χ3n) is 6.66. The minimum atomic E-state index is -2.72. The maximum atomic E-state index is 14.1. The summed E-state index contributed by atoms with van der Waals surface area (Å²) in [6, 6.07) is 38.1. The number of aryl methyl sites for hydroxylation is 2. The molecule has 0 fully saturated rings.